The van der Waals surface area contributed by atoms with Gasteiger partial charge < -0.3 is 0 Å². The van der Waals surface area contributed by atoms with Crippen molar-refractivity contribution in [1.29, 1.82) is 0 Å². The number of aliphatic imine (C=N–C) groups is 1. The Morgan fingerprint density at radius 3 is 2.75 bits per heavy atom. The Balaban J connectivity index is 2.04. The number of hydrogen-bond donors (Lipinski definition) is 0. The van der Waals surface area contributed by atoms with Crippen LogP contribution < -0.4 is 0 Å². The summed E-state index contributed by atoms with van der Waals surface area (Å²) in [7, 11) is 0. The van der Waals surface area contributed by atoms with Crippen molar-refractivity contribution in [3.63, 3.8) is 0 Å². The van der Waals surface area contributed by atoms with E-state index in [0.29, 0.717) is 17.4 Å². The highest BCUT2D eigenvalue weighted by Crippen LogP contribution is 2.39. The summed E-state index contributed by atoms with van der Waals surface area (Å²) in [5.74, 6) is 0.507. The normalized spacial score (nSPS) is 23.9. The molecule has 0 aliphatic heterocycles. The Hall–Kier alpha value is -1.54. The van der Waals surface area contributed by atoms with Gasteiger partial charge in [0.25, 0.3) is 0 Å². The quantitative estimate of drug-likeness (QED) is 0.475. The summed E-state index contributed by atoms with van der Waals surface area (Å²) in [5, 5.41) is 0. The molecule has 3 nitrogen and oxygen atoms in total. The highest BCUT2D eigenvalue weighted by atomic mass is 19.1. The number of rotatable bonds is 4. The molecule has 0 N–H and O–H groups in total. The third kappa shape index (κ3) is 3.13. The SMILES string of the molecule is CCC(N=C=O)C1CCC(c2ccnc(F)c2C)CC1. The van der Waals surface area contributed by atoms with E-state index in [1.54, 1.807) is 19.2 Å². The van der Waals surface area contributed by atoms with Gasteiger partial charge in [-0.1, -0.05) is 6.92 Å². The van der Waals surface area contributed by atoms with Crippen LogP contribution >= 0.6 is 0 Å². The zero-order valence-corrected chi connectivity index (χ0v) is 12.1. The van der Waals surface area contributed by atoms with E-state index >= 15 is 0 Å². The fourth-order valence-electron chi connectivity index (χ4n) is 3.38. The van der Waals surface area contributed by atoms with Gasteiger partial charge in [-0.15, -0.1) is 0 Å². The smallest absolute Gasteiger partial charge is 0.228 e. The molecule has 1 unspecified atom stereocenters. The molecule has 1 fully saturated rings. The van der Waals surface area contributed by atoms with Crippen molar-refractivity contribution in [3.8, 4) is 0 Å². The first-order valence-electron chi connectivity index (χ1n) is 7.35. The molecule has 1 aliphatic carbocycles. The summed E-state index contributed by atoms with van der Waals surface area (Å²) >= 11 is 0. The van der Waals surface area contributed by atoms with Gasteiger partial charge in [0.15, 0.2) is 0 Å². The zero-order valence-electron chi connectivity index (χ0n) is 12.1. The molecule has 1 saturated carbocycles. The fourth-order valence-corrected chi connectivity index (χ4v) is 3.38. The van der Waals surface area contributed by atoms with E-state index in [9.17, 15) is 9.18 Å². The van der Waals surface area contributed by atoms with Gasteiger partial charge in [-0.3, -0.25) is 0 Å². The van der Waals surface area contributed by atoms with Crippen molar-refractivity contribution >= 4 is 6.08 Å². The summed E-state index contributed by atoms with van der Waals surface area (Å²) < 4.78 is 13.5. The van der Waals surface area contributed by atoms with Crippen molar-refractivity contribution in [1.82, 2.24) is 4.98 Å². The monoisotopic (exact) mass is 276 g/mol. The van der Waals surface area contributed by atoms with Crippen molar-refractivity contribution in [3.05, 3.63) is 29.3 Å². The van der Waals surface area contributed by atoms with Gasteiger partial charge in [0, 0.05) is 11.8 Å². The first kappa shape index (κ1) is 14.9. The molecule has 0 saturated heterocycles. The number of isocyanates is 1. The van der Waals surface area contributed by atoms with E-state index in [-0.39, 0.29) is 12.0 Å². The molecule has 1 aromatic heterocycles. The van der Waals surface area contributed by atoms with E-state index in [2.05, 4.69) is 16.9 Å². The molecule has 1 aromatic rings. The second kappa shape index (κ2) is 6.76. The van der Waals surface area contributed by atoms with Crippen LogP contribution in [0.15, 0.2) is 17.3 Å². The van der Waals surface area contributed by atoms with Gasteiger partial charge in [0.1, 0.15) is 0 Å². The lowest BCUT2D eigenvalue weighted by Crippen LogP contribution is -2.23. The summed E-state index contributed by atoms with van der Waals surface area (Å²) in [5.41, 5.74) is 1.76. The Kier molecular flexibility index (Phi) is 5.02. The second-order valence-electron chi connectivity index (χ2n) is 5.62. The molecule has 1 aliphatic rings. The number of halogens is 1. The molecule has 1 heterocycles. The topological polar surface area (TPSA) is 42.3 Å². The van der Waals surface area contributed by atoms with Crippen LogP contribution in [-0.4, -0.2) is 17.1 Å². The van der Waals surface area contributed by atoms with Gasteiger partial charge in [-0.05, 0) is 62.5 Å². The summed E-state index contributed by atoms with van der Waals surface area (Å²) in [6.07, 6.45) is 8.26. The van der Waals surface area contributed by atoms with E-state index < -0.39 is 0 Å². The molecular weight excluding hydrogens is 255 g/mol. The minimum Gasteiger partial charge on any atom is -0.228 e. The molecule has 108 valence electrons. The summed E-state index contributed by atoms with van der Waals surface area (Å²) in [6, 6.07) is 2.04. The van der Waals surface area contributed by atoms with Crippen LogP contribution in [-0.2, 0) is 4.79 Å². The van der Waals surface area contributed by atoms with Gasteiger partial charge in [-0.2, -0.15) is 4.39 Å². The molecule has 4 heteroatoms. The van der Waals surface area contributed by atoms with E-state index in [0.717, 1.165) is 37.7 Å². The Morgan fingerprint density at radius 1 is 1.45 bits per heavy atom. The number of hydrogen-bond acceptors (Lipinski definition) is 3. The number of carbonyl (C=O) groups excluding carboxylic acids is 1. The second-order valence-corrected chi connectivity index (χ2v) is 5.62. The average Bonchev–Trinajstić information content (AvgIpc) is 2.48. The van der Waals surface area contributed by atoms with Crippen LogP contribution in [0.3, 0.4) is 0 Å². The minimum atomic E-state index is -0.360. The van der Waals surface area contributed by atoms with Crippen molar-refractivity contribution in [2.45, 2.75) is 57.9 Å². The van der Waals surface area contributed by atoms with E-state index in [1.807, 2.05) is 6.07 Å². The van der Waals surface area contributed by atoms with Crippen LogP contribution in [0.5, 0.6) is 0 Å². The maximum atomic E-state index is 13.5. The lowest BCUT2D eigenvalue weighted by molar-refractivity contribution is 0.277. The molecule has 0 aromatic carbocycles. The van der Waals surface area contributed by atoms with Gasteiger partial charge in [0.05, 0.1) is 6.04 Å². The third-order valence-corrected chi connectivity index (χ3v) is 4.58. The molecule has 2 rings (SSSR count). The molecule has 20 heavy (non-hydrogen) atoms. The fraction of sp³-hybridized carbons (Fsp3) is 0.625. The Labute approximate surface area is 119 Å². The molecule has 1 atom stereocenters. The predicted octanol–water partition coefficient (Wildman–Crippen LogP) is 3.92. The van der Waals surface area contributed by atoms with Crippen LogP contribution in [0.25, 0.3) is 0 Å². The maximum Gasteiger partial charge on any atom is 0.235 e. The first-order valence-corrected chi connectivity index (χ1v) is 7.35. The van der Waals surface area contributed by atoms with Crippen molar-refractivity contribution < 1.29 is 9.18 Å². The van der Waals surface area contributed by atoms with Gasteiger partial charge in [-0.25, -0.2) is 14.8 Å². The van der Waals surface area contributed by atoms with Gasteiger partial charge in [0.2, 0.25) is 12.0 Å². The van der Waals surface area contributed by atoms with Crippen LogP contribution in [0, 0.1) is 18.8 Å². The zero-order chi connectivity index (χ0) is 14.5. The molecule has 0 bridgehead atoms. The summed E-state index contributed by atoms with van der Waals surface area (Å²) in [6.45, 7) is 3.86. The molecule has 0 spiro atoms. The van der Waals surface area contributed by atoms with Crippen LogP contribution in [0.1, 0.15) is 56.1 Å². The first-order chi connectivity index (χ1) is 9.67. The highest BCUT2D eigenvalue weighted by molar-refractivity contribution is 5.33. The predicted molar refractivity (Wildman–Crippen MR) is 75.8 cm³/mol. The van der Waals surface area contributed by atoms with Crippen LogP contribution in [0.2, 0.25) is 0 Å². The van der Waals surface area contributed by atoms with Crippen molar-refractivity contribution in [2.24, 2.45) is 10.9 Å². The number of nitrogens with zero attached hydrogens (tertiary/aromatic N) is 2. The molecule has 0 radical (unpaired) electrons. The highest BCUT2D eigenvalue weighted by Gasteiger charge is 2.28. The standard InChI is InChI=1S/C16H21FN2O/c1-3-15(19-10-20)13-6-4-12(5-7-13)14-8-9-18-16(17)11(14)2/h8-9,12-13,15H,3-7H2,1-2H3. The Morgan fingerprint density at radius 2 is 2.15 bits per heavy atom. The van der Waals surface area contributed by atoms with E-state index in [1.165, 1.54) is 0 Å². The number of pyridine rings is 1. The van der Waals surface area contributed by atoms with Crippen molar-refractivity contribution in [2.75, 3.05) is 0 Å². The van der Waals surface area contributed by atoms with E-state index in [4.69, 9.17) is 0 Å². The number of aromatic nitrogens is 1. The van der Waals surface area contributed by atoms with Gasteiger partial charge >= 0.3 is 0 Å². The Bertz CT molecular complexity index is 503. The third-order valence-electron chi connectivity index (χ3n) is 4.58. The molecular formula is C16H21FN2O. The van der Waals surface area contributed by atoms with Crippen LogP contribution in [0.4, 0.5) is 4.39 Å². The molecule has 0 amide bonds. The lowest BCUT2D eigenvalue weighted by Gasteiger charge is -2.32. The minimum absolute atomic E-state index is 0.101. The summed E-state index contributed by atoms with van der Waals surface area (Å²) in [4.78, 5) is 18.1. The maximum absolute atomic E-state index is 13.5. The average molecular weight is 276 g/mol. The lowest BCUT2D eigenvalue weighted by atomic mass is 9.75. The largest absolute Gasteiger partial charge is 0.235 e.